The van der Waals surface area contributed by atoms with E-state index < -0.39 is 22.7 Å². The van der Waals surface area contributed by atoms with Crippen LogP contribution in [0.5, 0.6) is 0 Å². The van der Waals surface area contributed by atoms with E-state index >= 15 is 0 Å². The molecule has 3 aromatic rings. The van der Waals surface area contributed by atoms with E-state index in [1.165, 1.54) is 42.5 Å². The summed E-state index contributed by atoms with van der Waals surface area (Å²) >= 11 is 0. The third kappa shape index (κ3) is 4.85. The average molecular weight is 407 g/mol. The molecule has 7 nitrogen and oxygen atoms in total. The van der Waals surface area contributed by atoms with Crippen LogP contribution in [-0.2, 0) is 0 Å². The zero-order valence-corrected chi connectivity index (χ0v) is 16.0. The Morgan fingerprint density at radius 2 is 1.57 bits per heavy atom. The normalized spacial score (nSPS) is 11.4. The summed E-state index contributed by atoms with van der Waals surface area (Å²) in [6.45, 7) is 1.75. The van der Waals surface area contributed by atoms with Crippen molar-refractivity contribution in [3.05, 3.63) is 105 Å². The second-order valence-electron chi connectivity index (χ2n) is 6.55. The summed E-state index contributed by atoms with van der Waals surface area (Å²) in [4.78, 5) is 35.1. The maximum absolute atomic E-state index is 13.0. The SMILES string of the molecule is CC(NC(=O)c1ccccc1[N+](=O)[O-])c1ccc(NC(=O)c2ccc(F)cc2)cc1. The molecule has 0 heterocycles. The molecule has 0 radical (unpaired) electrons. The van der Waals surface area contributed by atoms with Crippen molar-refractivity contribution in [1.29, 1.82) is 0 Å². The van der Waals surface area contributed by atoms with Gasteiger partial charge in [-0.25, -0.2) is 4.39 Å². The number of anilines is 1. The predicted octanol–water partition coefficient (Wildman–Crippen LogP) is 4.48. The lowest BCUT2D eigenvalue weighted by Crippen LogP contribution is -2.27. The first kappa shape index (κ1) is 20.7. The maximum Gasteiger partial charge on any atom is 0.282 e. The molecule has 2 N–H and O–H groups in total. The van der Waals surface area contributed by atoms with Gasteiger partial charge in [0.05, 0.1) is 11.0 Å². The number of nitrogens with one attached hydrogen (secondary N) is 2. The standard InChI is InChI=1S/C22H18FN3O4/c1-14(24-22(28)19-4-2-3-5-20(19)26(29)30)15-8-12-18(13-9-15)25-21(27)16-6-10-17(23)11-7-16/h2-14H,1H3,(H,24,28)(H,25,27). The van der Waals surface area contributed by atoms with Crippen LogP contribution in [0, 0.1) is 15.9 Å². The highest BCUT2D eigenvalue weighted by atomic mass is 19.1. The minimum absolute atomic E-state index is 0.0162. The van der Waals surface area contributed by atoms with Gasteiger partial charge >= 0.3 is 0 Å². The summed E-state index contributed by atoms with van der Waals surface area (Å²) < 4.78 is 13.0. The smallest absolute Gasteiger partial charge is 0.282 e. The molecule has 3 aromatic carbocycles. The number of benzene rings is 3. The number of carbonyl (C=O) groups is 2. The van der Waals surface area contributed by atoms with Crippen LogP contribution in [0.2, 0.25) is 0 Å². The van der Waals surface area contributed by atoms with E-state index in [2.05, 4.69) is 10.6 Å². The number of nitrogens with zero attached hydrogens (tertiary/aromatic N) is 1. The van der Waals surface area contributed by atoms with Gasteiger partial charge < -0.3 is 10.6 Å². The van der Waals surface area contributed by atoms with E-state index in [9.17, 15) is 24.1 Å². The van der Waals surface area contributed by atoms with Gasteiger partial charge in [0.25, 0.3) is 17.5 Å². The molecular formula is C22H18FN3O4. The van der Waals surface area contributed by atoms with Crippen molar-refractivity contribution in [2.24, 2.45) is 0 Å². The Bertz CT molecular complexity index is 1080. The largest absolute Gasteiger partial charge is 0.345 e. The van der Waals surface area contributed by atoms with Crippen molar-refractivity contribution in [1.82, 2.24) is 5.32 Å². The third-order valence-electron chi connectivity index (χ3n) is 4.47. The van der Waals surface area contributed by atoms with Crippen molar-refractivity contribution in [3.63, 3.8) is 0 Å². The lowest BCUT2D eigenvalue weighted by Gasteiger charge is -2.15. The van der Waals surface area contributed by atoms with Gasteiger partial charge in [0.1, 0.15) is 11.4 Å². The second kappa shape index (κ2) is 8.95. The van der Waals surface area contributed by atoms with Gasteiger partial charge in [0.15, 0.2) is 0 Å². The van der Waals surface area contributed by atoms with Crippen molar-refractivity contribution < 1.29 is 18.9 Å². The molecule has 0 aliphatic heterocycles. The summed E-state index contributed by atoms with van der Waals surface area (Å²) in [6.07, 6.45) is 0. The Balaban J connectivity index is 1.66. The Labute approximate surface area is 171 Å². The Morgan fingerprint density at radius 3 is 2.20 bits per heavy atom. The van der Waals surface area contributed by atoms with E-state index in [0.29, 0.717) is 11.3 Å². The number of hydrogen-bond donors (Lipinski definition) is 2. The average Bonchev–Trinajstić information content (AvgIpc) is 2.74. The first-order chi connectivity index (χ1) is 14.3. The lowest BCUT2D eigenvalue weighted by molar-refractivity contribution is -0.385. The van der Waals surface area contributed by atoms with Crippen molar-refractivity contribution in [3.8, 4) is 0 Å². The van der Waals surface area contributed by atoms with Crippen LogP contribution < -0.4 is 10.6 Å². The van der Waals surface area contributed by atoms with Crippen LogP contribution in [0.4, 0.5) is 15.8 Å². The highest BCUT2D eigenvalue weighted by molar-refractivity contribution is 6.04. The van der Waals surface area contributed by atoms with Gasteiger partial charge in [-0.2, -0.15) is 0 Å². The first-order valence-corrected chi connectivity index (χ1v) is 9.06. The molecule has 0 saturated carbocycles. The first-order valence-electron chi connectivity index (χ1n) is 9.06. The summed E-state index contributed by atoms with van der Waals surface area (Å²) in [7, 11) is 0. The van der Waals surface area contributed by atoms with E-state index in [4.69, 9.17) is 0 Å². The highest BCUT2D eigenvalue weighted by Gasteiger charge is 2.20. The quantitative estimate of drug-likeness (QED) is 0.465. The molecule has 0 aliphatic carbocycles. The summed E-state index contributed by atoms with van der Waals surface area (Å²) in [6, 6.07) is 17.3. The number of nitro benzene ring substituents is 1. The number of para-hydroxylation sites is 1. The fourth-order valence-electron chi connectivity index (χ4n) is 2.84. The summed E-state index contributed by atoms with van der Waals surface area (Å²) in [5.74, 6) is -1.35. The van der Waals surface area contributed by atoms with Crippen molar-refractivity contribution in [2.45, 2.75) is 13.0 Å². The summed E-state index contributed by atoms with van der Waals surface area (Å²) in [5, 5.41) is 16.5. The molecule has 0 aromatic heterocycles. The van der Waals surface area contributed by atoms with Gasteiger partial charge in [0, 0.05) is 17.3 Å². The fraction of sp³-hybridized carbons (Fsp3) is 0.0909. The monoisotopic (exact) mass is 407 g/mol. The molecule has 1 atom stereocenters. The molecule has 0 aliphatic rings. The number of amides is 2. The Morgan fingerprint density at radius 1 is 0.933 bits per heavy atom. The molecule has 152 valence electrons. The van der Waals surface area contributed by atoms with Gasteiger partial charge in [-0.15, -0.1) is 0 Å². The number of halogens is 1. The van der Waals surface area contributed by atoms with Crippen molar-refractivity contribution >= 4 is 23.2 Å². The van der Waals surface area contributed by atoms with E-state index in [0.717, 1.165) is 5.56 Å². The zero-order valence-electron chi connectivity index (χ0n) is 16.0. The highest BCUT2D eigenvalue weighted by Crippen LogP contribution is 2.21. The van der Waals surface area contributed by atoms with Gasteiger partial charge in [-0.05, 0) is 55.0 Å². The van der Waals surface area contributed by atoms with Gasteiger partial charge in [-0.1, -0.05) is 24.3 Å². The Kier molecular flexibility index (Phi) is 6.17. The molecule has 2 amide bonds. The molecule has 3 rings (SSSR count). The van der Waals surface area contributed by atoms with Gasteiger partial charge in [-0.3, -0.25) is 19.7 Å². The number of carbonyl (C=O) groups excluding carboxylic acids is 2. The predicted molar refractivity (Wildman–Crippen MR) is 110 cm³/mol. The number of nitro groups is 1. The second-order valence-corrected chi connectivity index (χ2v) is 6.55. The minimum Gasteiger partial charge on any atom is -0.345 e. The van der Waals surface area contributed by atoms with Gasteiger partial charge in [0.2, 0.25) is 0 Å². The van der Waals surface area contributed by atoms with Crippen LogP contribution in [0.3, 0.4) is 0 Å². The lowest BCUT2D eigenvalue weighted by atomic mass is 10.1. The number of rotatable bonds is 6. The van der Waals surface area contributed by atoms with Crippen LogP contribution in [0.1, 0.15) is 39.2 Å². The van der Waals surface area contributed by atoms with Crippen LogP contribution in [0.25, 0.3) is 0 Å². The topological polar surface area (TPSA) is 101 Å². The fourth-order valence-corrected chi connectivity index (χ4v) is 2.84. The molecule has 1 unspecified atom stereocenters. The molecule has 30 heavy (non-hydrogen) atoms. The van der Waals surface area contributed by atoms with Crippen LogP contribution in [-0.4, -0.2) is 16.7 Å². The number of hydrogen-bond acceptors (Lipinski definition) is 4. The zero-order chi connectivity index (χ0) is 21.7. The maximum atomic E-state index is 13.0. The van der Waals surface area contributed by atoms with Crippen molar-refractivity contribution in [2.75, 3.05) is 5.32 Å². The van der Waals surface area contributed by atoms with E-state index in [1.54, 1.807) is 37.3 Å². The summed E-state index contributed by atoms with van der Waals surface area (Å²) in [5.41, 5.74) is 1.33. The minimum atomic E-state index is -0.599. The molecular weight excluding hydrogens is 389 g/mol. The molecule has 0 fully saturated rings. The Hall–Kier alpha value is -4.07. The molecule has 0 saturated heterocycles. The molecule has 8 heteroatoms. The van der Waals surface area contributed by atoms with Crippen LogP contribution >= 0.6 is 0 Å². The third-order valence-corrected chi connectivity index (χ3v) is 4.47. The molecule has 0 bridgehead atoms. The molecule has 0 spiro atoms. The van der Waals surface area contributed by atoms with E-state index in [1.807, 2.05) is 0 Å². The van der Waals surface area contributed by atoms with E-state index in [-0.39, 0.29) is 17.2 Å². The van der Waals surface area contributed by atoms with Crippen LogP contribution in [0.15, 0.2) is 72.8 Å².